The third-order valence-corrected chi connectivity index (χ3v) is 2.73. The Kier molecular flexibility index (Phi) is 5.46. The van der Waals surface area contributed by atoms with Gasteiger partial charge in [0.1, 0.15) is 6.54 Å². The lowest BCUT2D eigenvalue weighted by Gasteiger charge is -2.22. The largest absolute Gasteiger partial charge is 0.319 e. The number of amides is 1. The van der Waals surface area contributed by atoms with Crippen molar-refractivity contribution in [1.82, 2.24) is 10.3 Å². The molecule has 0 aromatic carbocycles. The zero-order valence-electron chi connectivity index (χ0n) is 9.16. The quantitative estimate of drug-likeness (QED) is 0.643. The van der Waals surface area contributed by atoms with Crippen LogP contribution in [0.3, 0.4) is 0 Å². The van der Waals surface area contributed by atoms with Gasteiger partial charge in [-0.25, -0.2) is 0 Å². The molecule has 0 saturated heterocycles. The average Bonchev–Trinajstić information content (AvgIpc) is 2.23. The van der Waals surface area contributed by atoms with E-state index in [9.17, 15) is 4.79 Å². The van der Waals surface area contributed by atoms with E-state index < -0.39 is 9.96 Å². The van der Waals surface area contributed by atoms with Crippen LogP contribution in [0.4, 0.5) is 0 Å². The summed E-state index contributed by atoms with van der Waals surface area (Å²) in [6.45, 7) is 1.94. The molecule has 1 heterocycles. The highest BCUT2D eigenvalue weighted by molar-refractivity contribution is 6.68. The number of quaternary nitrogens is 1. The molecule has 94 valence electrons. The smallest absolute Gasteiger partial charge is 0.262 e. The maximum atomic E-state index is 11.0. The van der Waals surface area contributed by atoms with Crippen LogP contribution < -0.4 is 10.6 Å². The maximum absolute atomic E-state index is 11.0. The minimum atomic E-state index is -1.56. The van der Waals surface area contributed by atoms with Crippen molar-refractivity contribution < 1.29 is 10.1 Å². The van der Waals surface area contributed by atoms with Crippen molar-refractivity contribution in [1.29, 1.82) is 0 Å². The van der Waals surface area contributed by atoms with Gasteiger partial charge in [0.15, 0.2) is 0 Å². The van der Waals surface area contributed by atoms with E-state index in [1.54, 1.807) is 17.7 Å². The molecule has 0 aliphatic rings. The van der Waals surface area contributed by atoms with Crippen molar-refractivity contribution in [3.05, 3.63) is 30.1 Å². The summed E-state index contributed by atoms with van der Waals surface area (Å²) < 4.78 is -1.56. The molecule has 0 aliphatic heterocycles. The van der Waals surface area contributed by atoms with E-state index in [2.05, 4.69) is 10.3 Å². The zero-order chi connectivity index (χ0) is 12.9. The Morgan fingerprint density at radius 3 is 2.76 bits per heavy atom. The van der Waals surface area contributed by atoms with E-state index >= 15 is 0 Å². The topological polar surface area (TPSA) is 58.6 Å². The Morgan fingerprint density at radius 2 is 2.29 bits per heavy atom. The van der Waals surface area contributed by atoms with Gasteiger partial charge in [-0.15, -0.1) is 0 Å². The molecule has 1 atom stereocenters. The van der Waals surface area contributed by atoms with E-state index in [1.807, 2.05) is 12.1 Å². The van der Waals surface area contributed by atoms with Gasteiger partial charge in [0, 0.05) is 24.9 Å². The van der Waals surface area contributed by atoms with Crippen LogP contribution in [0.25, 0.3) is 0 Å². The fourth-order valence-corrected chi connectivity index (χ4v) is 1.70. The highest BCUT2D eigenvalue weighted by Crippen LogP contribution is 2.27. The molecule has 0 unspecified atom stereocenters. The molecule has 1 rings (SSSR count). The highest BCUT2D eigenvalue weighted by Gasteiger charge is 2.36. The van der Waals surface area contributed by atoms with E-state index in [4.69, 9.17) is 34.8 Å². The number of aromatic nitrogens is 1. The van der Waals surface area contributed by atoms with Crippen LogP contribution in [-0.2, 0) is 11.3 Å². The summed E-state index contributed by atoms with van der Waals surface area (Å²) in [5.74, 6) is -0.247. The summed E-state index contributed by atoms with van der Waals surface area (Å²) in [7, 11) is 0. The number of rotatable bonds is 4. The van der Waals surface area contributed by atoms with Crippen molar-refractivity contribution in [3.8, 4) is 0 Å². The van der Waals surface area contributed by atoms with Crippen LogP contribution in [0.5, 0.6) is 0 Å². The summed E-state index contributed by atoms with van der Waals surface area (Å²) in [5, 5.41) is 4.32. The van der Waals surface area contributed by atoms with Crippen LogP contribution in [-0.4, -0.2) is 20.8 Å². The predicted molar refractivity (Wildman–Crippen MR) is 67.8 cm³/mol. The first-order chi connectivity index (χ1) is 7.89. The van der Waals surface area contributed by atoms with Gasteiger partial charge in [-0.05, 0) is 6.07 Å². The molecule has 1 aromatic rings. The molecule has 4 nitrogen and oxygen atoms in total. The number of hydrogen-bond donors (Lipinski definition) is 2. The molecule has 0 radical (unpaired) electrons. The van der Waals surface area contributed by atoms with Gasteiger partial charge in [-0.3, -0.25) is 9.78 Å². The van der Waals surface area contributed by atoms with Gasteiger partial charge < -0.3 is 10.6 Å². The summed E-state index contributed by atoms with van der Waals surface area (Å²) in [4.78, 5) is 15.0. The molecular formula is C10H13Cl3N3O+. The monoisotopic (exact) mass is 296 g/mol. The Bertz CT molecular complexity index is 367. The Balaban J connectivity index is 2.59. The van der Waals surface area contributed by atoms with Crippen LogP contribution in [0.1, 0.15) is 12.5 Å². The Morgan fingerprint density at radius 1 is 1.59 bits per heavy atom. The van der Waals surface area contributed by atoms with Gasteiger partial charge in [0.05, 0.1) is 0 Å². The number of nitrogens with one attached hydrogen (secondary N) is 1. The summed E-state index contributed by atoms with van der Waals surface area (Å²) in [6.07, 6.45) is 2.77. The van der Waals surface area contributed by atoms with Crippen molar-refractivity contribution in [2.45, 2.75) is 23.4 Å². The second-order valence-electron chi connectivity index (χ2n) is 3.52. The Labute approximate surface area is 115 Å². The first-order valence-corrected chi connectivity index (χ1v) is 6.09. The molecule has 1 amide bonds. The minimum Gasteiger partial charge on any atom is -0.319 e. The lowest BCUT2D eigenvalue weighted by atomic mass is 10.3. The molecule has 0 bridgehead atoms. The van der Waals surface area contributed by atoms with Gasteiger partial charge in [0.2, 0.25) is 12.1 Å². The van der Waals surface area contributed by atoms with Gasteiger partial charge >= 0.3 is 0 Å². The van der Waals surface area contributed by atoms with Crippen LogP contribution >= 0.6 is 34.8 Å². The van der Waals surface area contributed by atoms with E-state index in [0.717, 1.165) is 5.56 Å². The summed E-state index contributed by atoms with van der Waals surface area (Å²) in [5.41, 5.74) is 0.983. The number of alkyl halides is 3. The molecule has 0 saturated carbocycles. The van der Waals surface area contributed by atoms with E-state index in [0.29, 0.717) is 6.54 Å². The second kappa shape index (κ2) is 6.40. The second-order valence-corrected chi connectivity index (χ2v) is 5.89. The first kappa shape index (κ1) is 14.5. The maximum Gasteiger partial charge on any atom is 0.262 e. The summed E-state index contributed by atoms with van der Waals surface area (Å²) in [6, 6.07) is 3.73. The number of carbonyl (C=O) groups excluding carboxylic acids is 1. The fourth-order valence-electron chi connectivity index (χ4n) is 1.27. The lowest BCUT2D eigenvalue weighted by molar-refractivity contribution is -0.707. The number of carbonyl (C=O) groups is 1. The number of pyridine rings is 1. The predicted octanol–water partition coefficient (Wildman–Crippen LogP) is 0.977. The van der Waals surface area contributed by atoms with Gasteiger partial charge in [-0.2, -0.15) is 0 Å². The van der Waals surface area contributed by atoms with Crippen LogP contribution in [0.2, 0.25) is 0 Å². The van der Waals surface area contributed by atoms with E-state index in [-0.39, 0.29) is 5.91 Å². The van der Waals surface area contributed by atoms with Crippen molar-refractivity contribution >= 4 is 40.7 Å². The third-order valence-electron chi connectivity index (χ3n) is 2.02. The molecule has 0 fully saturated rings. The molecule has 0 aliphatic carbocycles. The standard InChI is InChI=1S/C10H12Cl3N3O/c1-7(17)16-9(10(11,12)13)15-6-8-3-2-4-14-5-8/h2-5,9,15H,6H2,1H3,(H,16,17)/p+1/t9-/m1/s1. The number of nitrogens with zero attached hydrogens (tertiary/aromatic N) is 1. The molecular weight excluding hydrogens is 284 g/mol. The SMILES string of the molecule is CC(=O)N[C@@H]([NH2+]Cc1cccnc1)C(Cl)(Cl)Cl. The number of nitrogens with two attached hydrogens (primary N) is 1. The zero-order valence-corrected chi connectivity index (χ0v) is 11.4. The Hall–Kier alpha value is -0.550. The fraction of sp³-hybridized carbons (Fsp3) is 0.400. The molecule has 17 heavy (non-hydrogen) atoms. The minimum absolute atomic E-state index is 0.247. The van der Waals surface area contributed by atoms with Crippen LogP contribution in [0, 0.1) is 0 Å². The van der Waals surface area contributed by atoms with Crippen molar-refractivity contribution in [2.24, 2.45) is 0 Å². The van der Waals surface area contributed by atoms with Crippen molar-refractivity contribution in [3.63, 3.8) is 0 Å². The molecule has 7 heteroatoms. The van der Waals surface area contributed by atoms with Gasteiger partial charge in [-0.1, -0.05) is 40.9 Å². The number of hydrogen-bond acceptors (Lipinski definition) is 2. The van der Waals surface area contributed by atoms with Crippen molar-refractivity contribution in [2.75, 3.05) is 0 Å². The first-order valence-electron chi connectivity index (χ1n) is 4.95. The average molecular weight is 298 g/mol. The van der Waals surface area contributed by atoms with Gasteiger partial charge in [0.25, 0.3) is 3.79 Å². The molecule has 3 N–H and O–H groups in total. The van der Waals surface area contributed by atoms with E-state index in [1.165, 1.54) is 6.92 Å². The number of halogens is 3. The highest BCUT2D eigenvalue weighted by atomic mass is 35.6. The third kappa shape index (κ3) is 5.55. The lowest BCUT2D eigenvalue weighted by Crippen LogP contribution is -2.95. The molecule has 0 spiro atoms. The van der Waals surface area contributed by atoms with Crippen LogP contribution in [0.15, 0.2) is 24.5 Å². The molecule has 1 aromatic heterocycles. The normalized spacial score (nSPS) is 13.2. The summed E-state index contributed by atoms with van der Waals surface area (Å²) >= 11 is 17.3.